The first-order valence-electron chi connectivity index (χ1n) is 9.29. The van der Waals surface area contributed by atoms with Crippen LogP contribution in [-0.4, -0.2) is 67.6 Å². The number of rotatable bonds is 8. The third-order valence-electron chi connectivity index (χ3n) is 4.76. The maximum absolute atomic E-state index is 13.1. The van der Waals surface area contributed by atoms with Gasteiger partial charge in [0, 0.05) is 5.75 Å². The summed E-state index contributed by atoms with van der Waals surface area (Å²) in [4.78, 5) is 39.4. The number of carbonyl (C=O) groups excluding carboxylic acids is 3. The van der Waals surface area contributed by atoms with E-state index in [9.17, 15) is 14.4 Å². The standard InChI is InChI=1S/C19H18Cl3N3O5S2/c1-18(9-31-10-23,30-11-5-3-2-4-6-11)17(28)24-13-14(26)25-12(7-32-15(13)25)16(27)29-8-19(20,21)22/h2-6,12-13,15H,7-9H2,1H3,(H,24,28). The molecular formula is C19H18Cl3N3O5S2. The van der Waals surface area contributed by atoms with Crippen LogP contribution >= 0.6 is 58.3 Å². The Hall–Kier alpha value is -1.51. The highest BCUT2D eigenvalue weighted by atomic mass is 35.6. The molecule has 0 aliphatic carbocycles. The SMILES string of the molecule is CC(CSC#N)(Oc1ccccc1)C(=O)NC1C(=O)N2C(C(=O)OCC(Cl)(Cl)Cl)CSC12. The third-order valence-corrected chi connectivity index (χ3v) is 7.26. The number of esters is 1. The molecule has 2 heterocycles. The monoisotopic (exact) mass is 537 g/mol. The molecule has 2 amide bonds. The van der Waals surface area contributed by atoms with Gasteiger partial charge in [-0.1, -0.05) is 53.0 Å². The first-order chi connectivity index (χ1) is 15.1. The summed E-state index contributed by atoms with van der Waals surface area (Å²) in [5, 5.41) is 13.2. The number of thioether (sulfide) groups is 2. The smallest absolute Gasteiger partial charge is 0.329 e. The molecule has 0 aromatic heterocycles. The molecule has 3 rings (SSSR count). The van der Waals surface area contributed by atoms with Crippen LogP contribution in [0.3, 0.4) is 0 Å². The Morgan fingerprint density at radius 2 is 2.03 bits per heavy atom. The van der Waals surface area contributed by atoms with Crippen LogP contribution in [0.4, 0.5) is 0 Å². The summed E-state index contributed by atoms with van der Waals surface area (Å²) in [6.45, 7) is 1.12. The molecule has 2 fully saturated rings. The number of thiocyanates is 1. The van der Waals surface area contributed by atoms with E-state index in [2.05, 4.69) is 5.32 Å². The minimum atomic E-state index is -1.75. The molecule has 4 unspecified atom stereocenters. The highest BCUT2D eigenvalue weighted by Crippen LogP contribution is 2.40. The van der Waals surface area contributed by atoms with Crippen LogP contribution in [-0.2, 0) is 19.1 Å². The molecule has 1 aromatic carbocycles. The molecule has 0 bridgehead atoms. The molecule has 1 aromatic rings. The summed E-state index contributed by atoms with van der Waals surface area (Å²) < 4.78 is 9.12. The molecule has 0 spiro atoms. The number of carbonyl (C=O) groups is 3. The van der Waals surface area contributed by atoms with Crippen molar-refractivity contribution < 1.29 is 23.9 Å². The Morgan fingerprint density at radius 1 is 1.34 bits per heavy atom. The quantitative estimate of drug-likeness (QED) is 0.233. The molecule has 4 atom stereocenters. The van der Waals surface area contributed by atoms with E-state index in [0.717, 1.165) is 11.8 Å². The number of hydrogen-bond donors (Lipinski definition) is 1. The lowest BCUT2D eigenvalue weighted by molar-refractivity contribution is -0.163. The van der Waals surface area contributed by atoms with Gasteiger partial charge < -0.3 is 19.7 Å². The van der Waals surface area contributed by atoms with E-state index in [-0.39, 0.29) is 5.75 Å². The topological polar surface area (TPSA) is 109 Å². The molecule has 2 aliphatic rings. The van der Waals surface area contributed by atoms with Gasteiger partial charge in [-0.05, 0) is 30.8 Å². The second kappa shape index (κ2) is 10.2. The molecule has 172 valence electrons. The molecule has 32 heavy (non-hydrogen) atoms. The summed E-state index contributed by atoms with van der Waals surface area (Å²) >= 11 is 19.0. The molecular weight excluding hydrogens is 521 g/mol. The molecule has 0 radical (unpaired) electrons. The van der Waals surface area contributed by atoms with Gasteiger partial charge in [0.15, 0.2) is 5.60 Å². The minimum Gasteiger partial charge on any atom is -0.477 e. The van der Waals surface area contributed by atoms with Gasteiger partial charge in [-0.2, -0.15) is 5.26 Å². The predicted octanol–water partition coefficient (Wildman–Crippen LogP) is 2.72. The average molecular weight is 539 g/mol. The van der Waals surface area contributed by atoms with E-state index < -0.39 is 51.2 Å². The fourth-order valence-electron chi connectivity index (χ4n) is 3.18. The van der Waals surface area contributed by atoms with Crippen molar-refractivity contribution in [3.05, 3.63) is 30.3 Å². The zero-order valence-corrected chi connectivity index (χ0v) is 20.5. The van der Waals surface area contributed by atoms with E-state index in [1.807, 2.05) is 11.5 Å². The van der Waals surface area contributed by atoms with Gasteiger partial charge in [0.2, 0.25) is 9.70 Å². The molecule has 8 nitrogen and oxygen atoms in total. The summed E-state index contributed by atoms with van der Waals surface area (Å²) in [5.74, 6) is -0.823. The number of β-lactam (4-membered cyclic amide) rings is 1. The number of benzene rings is 1. The summed E-state index contributed by atoms with van der Waals surface area (Å²) in [6, 6.07) is 7.06. The zero-order valence-electron chi connectivity index (χ0n) is 16.6. The van der Waals surface area contributed by atoms with Crippen molar-refractivity contribution in [1.82, 2.24) is 10.2 Å². The number of hydrogen-bond acceptors (Lipinski definition) is 8. The molecule has 0 saturated carbocycles. The van der Waals surface area contributed by atoms with Crippen molar-refractivity contribution in [2.45, 2.75) is 33.8 Å². The van der Waals surface area contributed by atoms with Crippen LogP contribution in [0.1, 0.15) is 6.92 Å². The lowest BCUT2D eigenvalue weighted by Gasteiger charge is -2.44. The number of halogens is 3. The van der Waals surface area contributed by atoms with Crippen molar-refractivity contribution in [3.63, 3.8) is 0 Å². The first-order valence-corrected chi connectivity index (χ1v) is 12.5. The van der Waals surface area contributed by atoms with Crippen molar-refractivity contribution in [2.24, 2.45) is 0 Å². The largest absolute Gasteiger partial charge is 0.477 e. The first kappa shape index (κ1) is 25.1. The van der Waals surface area contributed by atoms with Gasteiger partial charge in [0.25, 0.3) is 5.91 Å². The lowest BCUT2D eigenvalue weighted by atomic mass is 10.0. The number of alkyl halides is 3. The van der Waals surface area contributed by atoms with Crippen molar-refractivity contribution in [2.75, 3.05) is 18.1 Å². The van der Waals surface area contributed by atoms with Crippen LogP contribution in [0.15, 0.2) is 30.3 Å². The molecule has 1 N–H and O–H groups in total. The van der Waals surface area contributed by atoms with E-state index in [1.165, 1.54) is 16.7 Å². The van der Waals surface area contributed by atoms with Gasteiger partial charge in [-0.25, -0.2) is 4.79 Å². The van der Waals surface area contributed by atoms with Gasteiger partial charge in [-0.15, -0.1) is 11.8 Å². The fraction of sp³-hybridized carbons (Fsp3) is 0.474. The average Bonchev–Trinajstić information content (AvgIpc) is 3.15. The van der Waals surface area contributed by atoms with Crippen LogP contribution in [0.25, 0.3) is 0 Å². The Balaban J connectivity index is 1.64. The number of nitriles is 1. The normalized spacial score (nSPS) is 23.9. The molecule has 13 heteroatoms. The molecule has 2 aliphatic heterocycles. The number of nitrogens with zero attached hydrogens (tertiary/aromatic N) is 2. The summed E-state index contributed by atoms with van der Waals surface area (Å²) in [5.41, 5.74) is -1.39. The van der Waals surface area contributed by atoms with Crippen LogP contribution in [0, 0.1) is 10.7 Å². The molecule has 2 saturated heterocycles. The Labute approximate surface area is 208 Å². The number of fused-ring (bicyclic) bond motifs is 1. The van der Waals surface area contributed by atoms with Crippen LogP contribution < -0.4 is 10.1 Å². The van der Waals surface area contributed by atoms with E-state index in [0.29, 0.717) is 11.5 Å². The Kier molecular flexibility index (Phi) is 7.99. The number of ether oxygens (including phenoxy) is 2. The Bertz CT molecular complexity index is 927. The number of amides is 2. The predicted molar refractivity (Wildman–Crippen MR) is 124 cm³/mol. The van der Waals surface area contributed by atoms with Crippen LogP contribution in [0.5, 0.6) is 5.75 Å². The second-order valence-electron chi connectivity index (χ2n) is 7.19. The number of para-hydroxylation sites is 1. The maximum atomic E-state index is 13.1. The zero-order chi connectivity index (χ0) is 23.5. The number of nitrogens with one attached hydrogen (secondary N) is 1. The van der Waals surface area contributed by atoms with Gasteiger partial charge in [-0.3, -0.25) is 9.59 Å². The van der Waals surface area contributed by atoms with Crippen LogP contribution in [0.2, 0.25) is 0 Å². The van der Waals surface area contributed by atoms with Gasteiger partial charge >= 0.3 is 5.97 Å². The third kappa shape index (κ3) is 5.69. The minimum absolute atomic E-state index is 0.0542. The fourth-order valence-corrected chi connectivity index (χ4v) is 5.34. The second-order valence-corrected chi connectivity index (χ2v) is 11.6. The summed E-state index contributed by atoms with van der Waals surface area (Å²) in [6.07, 6.45) is 0. The van der Waals surface area contributed by atoms with Crippen molar-refractivity contribution in [1.29, 1.82) is 5.26 Å². The van der Waals surface area contributed by atoms with E-state index >= 15 is 0 Å². The summed E-state index contributed by atoms with van der Waals surface area (Å²) in [7, 11) is 0. The van der Waals surface area contributed by atoms with Crippen molar-refractivity contribution in [3.8, 4) is 11.2 Å². The van der Waals surface area contributed by atoms with Crippen molar-refractivity contribution >= 4 is 76.1 Å². The maximum Gasteiger partial charge on any atom is 0.329 e. The Morgan fingerprint density at radius 3 is 2.66 bits per heavy atom. The highest BCUT2D eigenvalue weighted by Gasteiger charge is 2.58. The van der Waals surface area contributed by atoms with E-state index in [4.69, 9.17) is 49.5 Å². The highest BCUT2D eigenvalue weighted by molar-refractivity contribution is 8.03. The van der Waals surface area contributed by atoms with E-state index in [1.54, 1.807) is 31.2 Å². The van der Waals surface area contributed by atoms with Gasteiger partial charge in [0.1, 0.15) is 35.2 Å². The van der Waals surface area contributed by atoms with Gasteiger partial charge in [0.05, 0.1) is 5.75 Å². The lowest BCUT2D eigenvalue weighted by Crippen LogP contribution is -2.72.